The molecule has 0 aromatic heterocycles. The summed E-state index contributed by atoms with van der Waals surface area (Å²) in [5, 5.41) is 0.942. The van der Waals surface area contributed by atoms with Crippen LogP contribution in [0.15, 0.2) is 24.3 Å². The van der Waals surface area contributed by atoms with Gasteiger partial charge in [-0.3, -0.25) is 0 Å². The molecule has 1 aliphatic carbocycles. The number of benzene rings is 1. The minimum atomic E-state index is 0. The lowest BCUT2D eigenvalue weighted by Crippen LogP contribution is -2.52. The maximum atomic E-state index is 6.49. The lowest BCUT2D eigenvalue weighted by Gasteiger charge is -2.51. The van der Waals surface area contributed by atoms with Gasteiger partial charge in [0.15, 0.2) is 0 Å². The Hall–Kier alpha value is -0.240. The first-order valence-electron chi connectivity index (χ1n) is 7.39. The summed E-state index contributed by atoms with van der Waals surface area (Å²) in [5.41, 5.74) is 1.63. The smallest absolute Gasteiger partial charge is 0.0444 e. The van der Waals surface area contributed by atoms with Gasteiger partial charge < -0.3 is 4.90 Å². The molecule has 1 atom stereocenters. The zero-order chi connectivity index (χ0) is 14.0. The van der Waals surface area contributed by atoms with E-state index >= 15 is 0 Å². The summed E-state index contributed by atoms with van der Waals surface area (Å²) in [5.74, 6) is 0.715. The van der Waals surface area contributed by atoms with Crippen molar-refractivity contribution >= 4 is 24.0 Å². The Morgan fingerprint density at radius 1 is 1.20 bits per heavy atom. The zero-order valence-corrected chi connectivity index (χ0v) is 14.6. The molecule has 0 radical (unpaired) electrons. The second-order valence-electron chi connectivity index (χ2n) is 6.60. The largest absolute Gasteiger partial charge is 0.306 e. The third-order valence-corrected chi connectivity index (χ3v) is 4.94. The molecule has 1 aromatic rings. The number of nitrogens with zero attached hydrogens (tertiary/aromatic N) is 1. The third kappa shape index (κ3) is 3.32. The molecule has 1 fully saturated rings. The molecule has 1 saturated carbocycles. The highest BCUT2D eigenvalue weighted by molar-refractivity contribution is 6.31. The first-order chi connectivity index (χ1) is 8.97. The Kier molecular flexibility index (Phi) is 6.37. The van der Waals surface area contributed by atoms with Crippen LogP contribution in [0.4, 0.5) is 0 Å². The molecule has 1 unspecified atom stereocenters. The van der Waals surface area contributed by atoms with Crippen molar-refractivity contribution in [3.05, 3.63) is 34.9 Å². The van der Waals surface area contributed by atoms with Crippen molar-refractivity contribution in [1.82, 2.24) is 4.90 Å². The van der Waals surface area contributed by atoms with E-state index in [1.807, 2.05) is 12.1 Å². The summed E-state index contributed by atoms with van der Waals surface area (Å²) in [6.07, 6.45) is 5.10. The molecule has 3 heteroatoms. The van der Waals surface area contributed by atoms with Crippen molar-refractivity contribution in [2.24, 2.45) is 5.92 Å². The van der Waals surface area contributed by atoms with Gasteiger partial charge in [0.25, 0.3) is 0 Å². The predicted octanol–water partition coefficient (Wildman–Crippen LogP) is 5.16. The van der Waals surface area contributed by atoms with Gasteiger partial charge in [0.2, 0.25) is 0 Å². The molecule has 2 rings (SSSR count). The second-order valence-corrected chi connectivity index (χ2v) is 7.01. The summed E-state index contributed by atoms with van der Waals surface area (Å²) in [4.78, 5) is 2.41. The Morgan fingerprint density at radius 3 is 2.20 bits per heavy atom. The van der Waals surface area contributed by atoms with Gasteiger partial charge in [-0.25, -0.2) is 0 Å². The van der Waals surface area contributed by atoms with Crippen LogP contribution in [0, 0.1) is 5.92 Å². The van der Waals surface area contributed by atoms with Crippen LogP contribution in [0.25, 0.3) is 0 Å². The molecule has 1 nitrogen and oxygen atoms in total. The number of likely N-dealkylation sites (N-methyl/N-ethyl adjacent to an activating group) is 1. The molecular weight excluding hydrogens is 289 g/mol. The lowest BCUT2D eigenvalue weighted by molar-refractivity contribution is 0.0809. The van der Waals surface area contributed by atoms with Gasteiger partial charge in [0, 0.05) is 16.5 Å². The number of hydrogen-bond acceptors (Lipinski definition) is 1. The van der Waals surface area contributed by atoms with E-state index in [0.29, 0.717) is 12.0 Å². The SMILES string of the molecule is CC(C)CC(N(C)C)C1(c2ccccc2Cl)CCC1.Cl. The van der Waals surface area contributed by atoms with Crippen molar-refractivity contribution in [2.45, 2.75) is 51.0 Å². The highest BCUT2D eigenvalue weighted by atomic mass is 35.5. The van der Waals surface area contributed by atoms with Gasteiger partial charge in [-0.15, -0.1) is 12.4 Å². The lowest BCUT2D eigenvalue weighted by atomic mass is 9.58. The van der Waals surface area contributed by atoms with Gasteiger partial charge in [0.05, 0.1) is 0 Å². The number of hydrogen-bond donors (Lipinski definition) is 0. The minimum Gasteiger partial charge on any atom is -0.306 e. The maximum Gasteiger partial charge on any atom is 0.0444 e. The molecule has 0 bridgehead atoms. The molecule has 0 heterocycles. The molecular formula is C17H27Cl2N. The number of halogens is 2. The van der Waals surface area contributed by atoms with Crippen molar-refractivity contribution in [2.75, 3.05) is 14.1 Å². The van der Waals surface area contributed by atoms with E-state index in [9.17, 15) is 0 Å². The van der Waals surface area contributed by atoms with Crippen LogP contribution in [-0.4, -0.2) is 25.0 Å². The van der Waals surface area contributed by atoms with Gasteiger partial charge in [-0.05, 0) is 50.9 Å². The van der Waals surface area contributed by atoms with Gasteiger partial charge >= 0.3 is 0 Å². The van der Waals surface area contributed by atoms with E-state index < -0.39 is 0 Å². The van der Waals surface area contributed by atoms with Crippen LogP contribution >= 0.6 is 24.0 Å². The van der Waals surface area contributed by atoms with E-state index in [-0.39, 0.29) is 17.8 Å². The number of rotatable bonds is 5. The molecule has 1 aliphatic rings. The molecule has 0 aliphatic heterocycles. The monoisotopic (exact) mass is 315 g/mol. The van der Waals surface area contributed by atoms with E-state index in [1.54, 1.807) is 0 Å². The summed E-state index contributed by atoms with van der Waals surface area (Å²) in [6.45, 7) is 4.63. The fraction of sp³-hybridized carbons (Fsp3) is 0.647. The Balaban J connectivity index is 0.00000200. The van der Waals surface area contributed by atoms with Crippen molar-refractivity contribution in [3.8, 4) is 0 Å². The van der Waals surface area contributed by atoms with Gasteiger partial charge in [0.1, 0.15) is 0 Å². The highest BCUT2D eigenvalue weighted by Crippen LogP contribution is 2.51. The second kappa shape index (κ2) is 7.15. The predicted molar refractivity (Wildman–Crippen MR) is 91.2 cm³/mol. The standard InChI is InChI=1S/C17H26ClN.ClH/c1-13(2)12-16(19(3)4)17(10-7-11-17)14-8-5-6-9-15(14)18;/h5-6,8-9,13,16H,7,10-12H2,1-4H3;1H. The quantitative estimate of drug-likeness (QED) is 0.725. The third-order valence-electron chi connectivity index (χ3n) is 4.61. The average molecular weight is 316 g/mol. The Labute approximate surface area is 135 Å². The molecule has 0 amide bonds. The first kappa shape index (κ1) is 17.8. The topological polar surface area (TPSA) is 3.24 Å². The highest BCUT2D eigenvalue weighted by Gasteiger charge is 2.47. The summed E-state index contributed by atoms with van der Waals surface area (Å²) >= 11 is 6.49. The first-order valence-corrected chi connectivity index (χ1v) is 7.76. The normalized spacial score (nSPS) is 18.6. The fourth-order valence-corrected chi connectivity index (χ4v) is 3.91. The summed E-state index contributed by atoms with van der Waals surface area (Å²) < 4.78 is 0. The molecule has 20 heavy (non-hydrogen) atoms. The Morgan fingerprint density at radius 2 is 1.80 bits per heavy atom. The summed E-state index contributed by atoms with van der Waals surface area (Å²) in [6, 6.07) is 9.02. The van der Waals surface area contributed by atoms with Crippen molar-refractivity contribution < 1.29 is 0 Å². The van der Waals surface area contributed by atoms with E-state index in [0.717, 1.165) is 5.02 Å². The van der Waals surface area contributed by atoms with Crippen molar-refractivity contribution in [3.63, 3.8) is 0 Å². The van der Waals surface area contributed by atoms with Crippen LogP contribution < -0.4 is 0 Å². The van der Waals surface area contributed by atoms with E-state index in [1.165, 1.54) is 31.2 Å². The van der Waals surface area contributed by atoms with Gasteiger partial charge in [-0.2, -0.15) is 0 Å². The van der Waals surface area contributed by atoms with Crippen LogP contribution in [0.1, 0.15) is 45.1 Å². The van der Waals surface area contributed by atoms with Crippen LogP contribution in [0.3, 0.4) is 0 Å². The fourth-order valence-electron chi connectivity index (χ4n) is 3.58. The molecule has 0 saturated heterocycles. The molecule has 0 spiro atoms. The summed E-state index contributed by atoms with van der Waals surface area (Å²) in [7, 11) is 4.42. The van der Waals surface area contributed by atoms with Crippen LogP contribution in [0.5, 0.6) is 0 Å². The van der Waals surface area contributed by atoms with Crippen LogP contribution in [-0.2, 0) is 5.41 Å². The zero-order valence-electron chi connectivity index (χ0n) is 13.0. The van der Waals surface area contributed by atoms with E-state index in [2.05, 4.69) is 45.0 Å². The van der Waals surface area contributed by atoms with Crippen LogP contribution in [0.2, 0.25) is 5.02 Å². The maximum absolute atomic E-state index is 6.49. The minimum absolute atomic E-state index is 0. The molecule has 0 N–H and O–H groups in total. The molecule has 114 valence electrons. The van der Waals surface area contributed by atoms with Crippen molar-refractivity contribution in [1.29, 1.82) is 0 Å². The van der Waals surface area contributed by atoms with E-state index in [4.69, 9.17) is 11.6 Å². The Bertz CT molecular complexity index is 425. The molecule has 1 aromatic carbocycles. The average Bonchev–Trinajstić information content (AvgIpc) is 2.28. The van der Waals surface area contributed by atoms with Gasteiger partial charge in [-0.1, -0.05) is 50.1 Å².